The van der Waals surface area contributed by atoms with Gasteiger partial charge in [-0.05, 0) is 30.0 Å². The first-order valence-corrected chi connectivity index (χ1v) is 8.30. The third kappa shape index (κ3) is 3.96. The summed E-state index contributed by atoms with van der Waals surface area (Å²) in [4.78, 5) is 25.0. The number of carbonyl (C=O) groups excluding carboxylic acids is 1. The van der Waals surface area contributed by atoms with E-state index in [0.29, 0.717) is 22.2 Å². The van der Waals surface area contributed by atoms with Crippen LogP contribution in [0, 0.1) is 0 Å². The molecule has 22 heavy (non-hydrogen) atoms. The molecular weight excluding hydrogens is 318 g/mol. The van der Waals surface area contributed by atoms with Crippen LogP contribution in [0.5, 0.6) is 0 Å². The maximum atomic E-state index is 12.4. The fourth-order valence-corrected chi connectivity index (χ4v) is 3.52. The summed E-state index contributed by atoms with van der Waals surface area (Å²) in [6, 6.07) is 7.95. The van der Waals surface area contributed by atoms with E-state index in [-0.39, 0.29) is 12.3 Å². The lowest BCUT2D eigenvalue weighted by Gasteiger charge is -2.13. The number of benzene rings is 1. The van der Waals surface area contributed by atoms with Crippen molar-refractivity contribution >= 4 is 46.3 Å². The molecule has 0 unspecified atom stereocenters. The lowest BCUT2D eigenvalue weighted by Crippen LogP contribution is -2.29. The Balaban J connectivity index is 2.13. The van der Waals surface area contributed by atoms with E-state index < -0.39 is 5.97 Å². The van der Waals surface area contributed by atoms with Crippen molar-refractivity contribution < 1.29 is 14.7 Å². The Kier molecular flexibility index (Phi) is 5.74. The molecule has 0 bridgehead atoms. The van der Waals surface area contributed by atoms with E-state index in [4.69, 9.17) is 17.3 Å². The van der Waals surface area contributed by atoms with E-state index in [1.807, 2.05) is 30.3 Å². The van der Waals surface area contributed by atoms with Gasteiger partial charge in [-0.3, -0.25) is 14.5 Å². The Bertz CT molecular complexity index is 640. The molecule has 1 aliphatic heterocycles. The number of rotatable bonds is 6. The first-order valence-electron chi connectivity index (χ1n) is 7.08. The Morgan fingerprint density at radius 2 is 2.14 bits per heavy atom. The van der Waals surface area contributed by atoms with Crippen molar-refractivity contribution in [1.82, 2.24) is 4.90 Å². The summed E-state index contributed by atoms with van der Waals surface area (Å²) in [6.45, 7) is 2.42. The van der Waals surface area contributed by atoms with Gasteiger partial charge in [-0.15, -0.1) is 0 Å². The molecule has 0 radical (unpaired) electrons. The molecular formula is C16H17NO3S2. The van der Waals surface area contributed by atoms with Crippen LogP contribution in [0.2, 0.25) is 0 Å². The number of carboxylic acids is 1. The van der Waals surface area contributed by atoms with E-state index in [0.717, 1.165) is 12.0 Å². The van der Waals surface area contributed by atoms with Crippen LogP contribution >= 0.6 is 24.0 Å². The van der Waals surface area contributed by atoms with Crippen LogP contribution in [0.15, 0.2) is 29.2 Å². The third-order valence-electron chi connectivity index (χ3n) is 3.37. The number of thiocarbonyl (C=S) groups is 1. The van der Waals surface area contributed by atoms with Gasteiger partial charge in [0.05, 0.1) is 4.91 Å². The van der Waals surface area contributed by atoms with Crippen LogP contribution < -0.4 is 0 Å². The maximum absolute atomic E-state index is 12.4. The highest BCUT2D eigenvalue weighted by Gasteiger charge is 2.31. The predicted molar refractivity (Wildman–Crippen MR) is 92.6 cm³/mol. The van der Waals surface area contributed by atoms with E-state index in [1.54, 1.807) is 0 Å². The molecule has 1 heterocycles. The second-order valence-corrected chi connectivity index (χ2v) is 6.56. The van der Waals surface area contributed by atoms with Gasteiger partial charge in [0.2, 0.25) is 0 Å². The predicted octanol–water partition coefficient (Wildman–Crippen LogP) is 3.32. The summed E-state index contributed by atoms with van der Waals surface area (Å²) in [5.74, 6) is -0.996. The number of amides is 1. The highest BCUT2D eigenvalue weighted by molar-refractivity contribution is 8.26. The van der Waals surface area contributed by atoms with Crippen molar-refractivity contribution in [2.24, 2.45) is 0 Å². The number of nitrogens with zero attached hydrogens (tertiary/aromatic N) is 1. The molecule has 0 atom stereocenters. The topological polar surface area (TPSA) is 57.6 Å². The molecule has 1 N–H and O–H groups in total. The second-order valence-electron chi connectivity index (χ2n) is 4.88. The van der Waals surface area contributed by atoms with Gasteiger partial charge < -0.3 is 5.11 Å². The van der Waals surface area contributed by atoms with Crippen LogP contribution in [0.4, 0.5) is 0 Å². The smallest absolute Gasteiger partial charge is 0.303 e. The molecule has 4 nitrogen and oxygen atoms in total. The number of hydrogen-bond donors (Lipinski definition) is 1. The molecule has 1 amide bonds. The number of carbonyl (C=O) groups is 2. The van der Waals surface area contributed by atoms with Gasteiger partial charge in [0.15, 0.2) is 0 Å². The molecule has 0 aromatic heterocycles. The van der Waals surface area contributed by atoms with Crippen molar-refractivity contribution in [2.75, 3.05) is 6.54 Å². The van der Waals surface area contributed by atoms with Gasteiger partial charge in [0, 0.05) is 13.0 Å². The largest absolute Gasteiger partial charge is 0.481 e. The van der Waals surface area contributed by atoms with Crippen molar-refractivity contribution in [3.63, 3.8) is 0 Å². The van der Waals surface area contributed by atoms with Crippen LogP contribution in [0.3, 0.4) is 0 Å². The Morgan fingerprint density at radius 3 is 2.82 bits per heavy atom. The molecule has 2 rings (SSSR count). The Labute approximate surface area is 139 Å². The summed E-state index contributed by atoms with van der Waals surface area (Å²) in [6.07, 6.45) is 3.20. The number of aryl methyl sites for hydroxylation is 1. The number of carboxylic acid groups (broad SMARTS) is 1. The lowest BCUT2D eigenvalue weighted by atomic mass is 10.0. The quantitative estimate of drug-likeness (QED) is 0.638. The average molecular weight is 335 g/mol. The van der Waals surface area contributed by atoms with Crippen LogP contribution in [0.25, 0.3) is 6.08 Å². The van der Waals surface area contributed by atoms with Crippen LogP contribution in [-0.4, -0.2) is 32.7 Å². The fourth-order valence-electron chi connectivity index (χ4n) is 2.22. The zero-order valence-electron chi connectivity index (χ0n) is 12.2. The van der Waals surface area contributed by atoms with Gasteiger partial charge in [-0.25, -0.2) is 0 Å². The van der Waals surface area contributed by atoms with E-state index >= 15 is 0 Å². The molecule has 1 fully saturated rings. The van der Waals surface area contributed by atoms with Crippen molar-refractivity contribution in [1.29, 1.82) is 0 Å². The number of aliphatic carboxylic acids is 1. The standard InChI is InChI=1S/C16H17NO3S2/c1-2-11-6-3-4-7-12(11)10-13-15(20)17(16(21)22-13)9-5-8-14(18)19/h3-4,6-7,10H,2,5,8-9H2,1H3,(H,18,19)/b13-10-. The van der Waals surface area contributed by atoms with Gasteiger partial charge in [-0.2, -0.15) is 0 Å². The minimum Gasteiger partial charge on any atom is -0.481 e. The summed E-state index contributed by atoms with van der Waals surface area (Å²) >= 11 is 6.51. The van der Waals surface area contributed by atoms with Gasteiger partial charge in [0.25, 0.3) is 5.91 Å². The molecule has 1 aliphatic rings. The number of thioether (sulfide) groups is 1. The average Bonchev–Trinajstić information content (AvgIpc) is 2.75. The first-order chi connectivity index (χ1) is 10.5. The van der Waals surface area contributed by atoms with Gasteiger partial charge in [-0.1, -0.05) is 55.2 Å². The normalized spacial score (nSPS) is 16.6. The van der Waals surface area contributed by atoms with Gasteiger partial charge in [0.1, 0.15) is 4.32 Å². The molecule has 0 spiro atoms. The molecule has 1 saturated heterocycles. The Hall–Kier alpha value is -1.66. The number of hydrogen-bond acceptors (Lipinski definition) is 4. The molecule has 116 valence electrons. The van der Waals surface area contributed by atoms with E-state index in [2.05, 4.69) is 6.92 Å². The Morgan fingerprint density at radius 1 is 1.41 bits per heavy atom. The van der Waals surface area contributed by atoms with Crippen molar-refractivity contribution in [2.45, 2.75) is 26.2 Å². The maximum Gasteiger partial charge on any atom is 0.303 e. The highest BCUT2D eigenvalue weighted by Crippen LogP contribution is 2.33. The second kappa shape index (κ2) is 7.56. The molecule has 1 aromatic rings. The molecule has 0 saturated carbocycles. The minimum atomic E-state index is -0.863. The monoisotopic (exact) mass is 335 g/mol. The zero-order chi connectivity index (χ0) is 16.1. The van der Waals surface area contributed by atoms with E-state index in [1.165, 1.54) is 22.2 Å². The molecule has 6 heteroatoms. The molecule has 0 aliphatic carbocycles. The van der Waals surface area contributed by atoms with Crippen LogP contribution in [-0.2, 0) is 16.0 Å². The summed E-state index contributed by atoms with van der Waals surface area (Å²) < 4.78 is 0.496. The zero-order valence-corrected chi connectivity index (χ0v) is 13.9. The van der Waals surface area contributed by atoms with E-state index in [9.17, 15) is 9.59 Å². The lowest BCUT2D eigenvalue weighted by molar-refractivity contribution is -0.137. The first kappa shape index (κ1) is 16.7. The SMILES string of the molecule is CCc1ccccc1/C=C1\SC(=S)N(CCCC(=O)O)C1=O. The summed E-state index contributed by atoms with van der Waals surface area (Å²) in [5, 5.41) is 8.67. The highest BCUT2D eigenvalue weighted by atomic mass is 32.2. The summed E-state index contributed by atoms with van der Waals surface area (Å²) in [5.41, 5.74) is 2.20. The fraction of sp³-hybridized carbons (Fsp3) is 0.312. The minimum absolute atomic E-state index is 0.0365. The van der Waals surface area contributed by atoms with Crippen molar-refractivity contribution in [3.05, 3.63) is 40.3 Å². The third-order valence-corrected chi connectivity index (χ3v) is 4.75. The summed E-state index contributed by atoms with van der Waals surface area (Å²) in [7, 11) is 0. The van der Waals surface area contributed by atoms with Crippen LogP contribution in [0.1, 0.15) is 30.9 Å². The van der Waals surface area contributed by atoms with Crippen molar-refractivity contribution in [3.8, 4) is 0 Å². The molecule has 1 aromatic carbocycles. The van der Waals surface area contributed by atoms with Gasteiger partial charge >= 0.3 is 5.97 Å².